The number of piperidine rings is 1. The molecular weight excluding hydrogens is 453 g/mol. The molecule has 1 saturated heterocycles. The van der Waals surface area contributed by atoms with Gasteiger partial charge in [-0.25, -0.2) is 0 Å². The highest BCUT2D eigenvalue weighted by molar-refractivity contribution is 6.17. The number of ether oxygens (including phenoxy) is 2. The molecule has 0 aromatic heterocycles. The van der Waals surface area contributed by atoms with Gasteiger partial charge in [0.25, 0.3) is 0 Å². The second-order valence-corrected chi connectivity index (χ2v) is 8.19. The van der Waals surface area contributed by atoms with Crippen LogP contribution in [0.4, 0.5) is 0 Å². The molecule has 136 valence electrons. The van der Waals surface area contributed by atoms with Gasteiger partial charge in [0, 0.05) is 24.3 Å². The number of rotatable bonds is 2. The van der Waals surface area contributed by atoms with Gasteiger partial charge in [-0.15, -0.1) is 0 Å². The van der Waals surface area contributed by atoms with E-state index in [9.17, 15) is 5.11 Å². The minimum absolute atomic E-state index is 0. The largest absolute Gasteiger partial charge is 1.00 e. The molecule has 6 heteroatoms. The lowest BCUT2D eigenvalue weighted by Gasteiger charge is -2.59. The number of likely N-dealkylation sites (N-methyl/N-ethyl adjacent to an activating group) is 1. The van der Waals surface area contributed by atoms with Crippen molar-refractivity contribution in [3.05, 3.63) is 35.4 Å². The monoisotopic (exact) mass is 475 g/mol. The van der Waals surface area contributed by atoms with E-state index in [1.54, 1.807) is 7.11 Å². The van der Waals surface area contributed by atoms with Gasteiger partial charge in [0.05, 0.1) is 26.1 Å². The molecule has 6 atom stereocenters. The third-order valence-corrected chi connectivity index (χ3v) is 7.57. The first-order valence-electron chi connectivity index (χ1n) is 8.69. The minimum Gasteiger partial charge on any atom is -1.00 e. The summed E-state index contributed by atoms with van der Waals surface area (Å²) in [6.45, 7) is 1.02. The summed E-state index contributed by atoms with van der Waals surface area (Å²) in [6.07, 6.45) is 5.35. The Labute approximate surface area is 170 Å². The van der Waals surface area contributed by atoms with Crippen LogP contribution in [0.3, 0.4) is 0 Å². The fraction of sp³-hybridized carbons (Fsp3) is 0.579. The SMILES string of the molecule is COc1ccc2c3c1O[C@H]1[C@@H](O)C=C[C@H]4[C@@H](C2)[N@@+](C)(CCl)CC[C@@]341.[I-]. The molecule has 1 aromatic carbocycles. The Balaban J connectivity index is 0.00000157. The van der Waals surface area contributed by atoms with E-state index in [0.717, 1.165) is 35.4 Å². The number of hydrogen-bond donors (Lipinski definition) is 1. The van der Waals surface area contributed by atoms with Crippen molar-refractivity contribution in [2.75, 3.05) is 26.7 Å². The van der Waals surface area contributed by atoms with Gasteiger partial charge in [-0.3, -0.25) is 0 Å². The van der Waals surface area contributed by atoms with Crippen LogP contribution in [0.15, 0.2) is 24.3 Å². The number of aliphatic hydroxyl groups excluding tert-OH is 1. The van der Waals surface area contributed by atoms with E-state index in [1.165, 1.54) is 11.1 Å². The average molecular weight is 476 g/mol. The first-order valence-corrected chi connectivity index (χ1v) is 9.22. The molecule has 4 aliphatic rings. The maximum Gasteiger partial charge on any atom is 0.165 e. The summed E-state index contributed by atoms with van der Waals surface area (Å²) >= 11 is 6.40. The van der Waals surface area contributed by atoms with Crippen molar-refractivity contribution in [1.82, 2.24) is 0 Å². The first-order chi connectivity index (χ1) is 11.5. The lowest BCUT2D eigenvalue weighted by Crippen LogP contribution is -3.00. The van der Waals surface area contributed by atoms with Crippen LogP contribution in [-0.2, 0) is 11.8 Å². The molecular formula is C19H23ClINO3. The predicted octanol–water partition coefficient (Wildman–Crippen LogP) is -0.784. The number of nitrogens with zero attached hydrogens (tertiary/aromatic N) is 1. The van der Waals surface area contributed by atoms with Crippen molar-refractivity contribution in [1.29, 1.82) is 0 Å². The molecule has 0 amide bonds. The van der Waals surface area contributed by atoms with Crippen molar-refractivity contribution < 1.29 is 43.0 Å². The van der Waals surface area contributed by atoms with Gasteiger partial charge in [0.2, 0.25) is 0 Å². The van der Waals surface area contributed by atoms with Gasteiger partial charge in [0.15, 0.2) is 17.5 Å². The highest BCUT2D eigenvalue weighted by Crippen LogP contribution is 2.63. The van der Waals surface area contributed by atoms with Gasteiger partial charge >= 0.3 is 0 Å². The standard InChI is InChI=1S/C19H23ClNO3.HI/c1-21(10-20)8-7-19-12-4-5-14(22)18(19)24-17-15(23-2)6-3-11(16(17)19)9-13(12)21;/h3-6,12-14,18,22H,7-10H2,1-2H3;1H/q+1;/p-1/t12-,13+,14-,18-,19-,21+;/m0./s1. The Kier molecular flexibility index (Phi) is 4.11. The lowest BCUT2D eigenvalue weighted by molar-refractivity contribution is -0.934. The Morgan fingerprint density at radius 2 is 2.20 bits per heavy atom. The zero-order chi connectivity index (χ0) is 16.7. The Hall–Kier alpha value is -0.500. The van der Waals surface area contributed by atoms with E-state index in [2.05, 4.69) is 19.2 Å². The third-order valence-electron chi connectivity index (χ3n) is 7.02. The number of aliphatic hydroxyl groups is 1. The molecule has 4 nitrogen and oxygen atoms in total. The van der Waals surface area contributed by atoms with E-state index >= 15 is 0 Å². The molecule has 0 radical (unpaired) electrons. The van der Waals surface area contributed by atoms with Gasteiger partial charge < -0.3 is 43.0 Å². The molecule has 1 spiro atoms. The Morgan fingerprint density at radius 3 is 2.92 bits per heavy atom. The summed E-state index contributed by atoms with van der Waals surface area (Å²) in [5.74, 6) is 1.99. The number of alkyl halides is 1. The van der Waals surface area contributed by atoms with Crippen LogP contribution in [0.2, 0.25) is 0 Å². The smallest absolute Gasteiger partial charge is 0.165 e. The van der Waals surface area contributed by atoms with Crippen LogP contribution in [0, 0.1) is 5.92 Å². The van der Waals surface area contributed by atoms with E-state index in [4.69, 9.17) is 21.1 Å². The van der Waals surface area contributed by atoms with Crippen molar-refractivity contribution in [2.24, 2.45) is 5.92 Å². The summed E-state index contributed by atoms with van der Waals surface area (Å²) in [4.78, 5) is 0. The summed E-state index contributed by atoms with van der Waals surface area (Å²) in [5, 5.41) is 10.7. The molecule has 1 fully saturated rings. The first kappa shape index (κ1) is 17.9. The quantitative estimate of drug-likeness (QED) is 0.201. The number of hydrogen-bond acceptors (Lipinski definition) is 3. The van der Waals surface area contributed by atoms with Gasteiger partial charge in [-0.05, 0) is 11.6 Å². The fourth-order valence-electron chi connectivity index (χ4n) is 5.79. The highest BCUT2D eigenvalue weighted by atomic mass is 127. The lowest BCUT2D eigenvalue weighted by atomic mass is 9.53. The molecule has 1 N–H and O–H groups in total. The van der Waals surface area contributed by atoms with Crippen LogP contribution in [-0.4, -0.2) is 54.5 Å². The summed E-state index contributed by atoms with van der Waals surface area (Å²) in [6, 6.07) is 5.24. The van der Waals surface area contributed by atoms with E-state index in [-0.39, 0.29) is 35.5 Å². The third kappa shape index (κ3) is 2.01. The zero-order valence-electron chi connectivity index (χ0n) is 14.4. The van der Waals surface area contributed by atoms with E-state index in [1.807, 2.05) is 12.1 Å². The summed E-state index contributed by atoms with van der Waals surface area (Å²) in [7, 11) is 3.95. The number of benzene rings is 1. The molecule has 0 unspecified atom stereocenters. The van der Waals surface area contributed by atoms with Crippen molar-refractivity contribution in [2.45, 2.75) is 36.5 Å². The number of methoxy groups -OCH3 is 1. The predicted molar refractivity (Wildman–Crippen MR) is 91.6 cm³/mol. The summed E-state index contributed by atoms with van der Waals surface area (Å²) in [5.41, 5.74) is 2.49. The molecule has 2 bridgehead atoms. The van der Waals surface area contributed by atoms with Crippen LogP contribution >= 0.6 is 11.6 Å². The van der Waals surface area contributed by atoms with E-state index < -0.39 is 6.10 Å². The van der Waals surface area contributed by atoms with Crippen LogP contribution in [0.5, 0.6) is 11.5 Å². The van der Waals surface area contributed by atoms with Gasteiger partial charge in [0.1, 0.15) is 18.2 Å². The number of halogens is 2. The molecule has 2 aliphatic heterocycles. The molecule has 0 saturated carbocycles. The van der Waals surface area contributed by atoms with Crippen LogP contribution < -0.4 is 33.5 Å². The molecule has 2 heterocycles. The normalized spacial score (nSPS) is 42.2. The number of likely N-dealkylation sites (tertiary alicyclic amines) is 1. The van der Waals surface area contributed by atoms with Gasteiger partial charge in [-0.1, -0.05) is 29.8 Å². The molecule has 5 rings (SSSR count). The zero-order valence-corrected chi connectivity index (χ0v) is 17.3. The molecule has 2 aliphatic carbocycles. The van der Waals surface area contributed by atoms with Crippen molar-refractivity contribution in [3.63, 3.8) is 0 Å². The topological polar surface area (TPSA) is 38.7 Å². The van der Waals surface area contributed by atoms with Crippen molar-refractivity contribution >= 4 is 11.6 Å². The minimum atomic E-state index is -0.571. The van der Waals surface area contributed by atoms with E-state index in [0.29, 0.717) is 18.0 Å². The fourth-order valence-corrected chi connectivity index (χ4v) is 6.09. The van der Waals surface area contributed by atoms with Crippen LogP contribution in [0.1, 0.15) is 17.5 Å². The summed E-state index contributed by atoms with van der Waals surface area (Å²) < 4.78 is 12.8. The second-order valence-electron chi connectivity index (χ2n) is 7.96. The Morgan fingerprint density at radius 1 is 1.40 bits per heavy atom. The maximum atomic E-state index is 10.7. The van der Waals surface area contributed by atoms with Gasteiger partial charge in [-0.2, -0.15) is 0 Å². The number of quaternary nitrogens is 1. The highest BCUT2D eigenvalue weighted by Gasteiger charge is 2.67. The average Bonchev–Trinajstić information content (AvgIpc) is 2.95. The molecule has 1 aromatic rings. The second kappa shape index (κ2) is 5.75. The Bertz CT molecular complexity index is 756. The van der Waals surface area contributed by atoms with Crippen LogP contribution in [0.25, 0.3) is 0 Å². The van der Waals surface area contributed by atoms with Crippen molar-refractivity contribution in [3.8, 4) is 11.5 Å². The molecule has 25 heavy (non-hydrogen) atoms. The maximum absolute atomic E-state index is 10.7.